The number of ketones is 1. The number of carbonyl (C=O) groups is 2. The number of aliphatic hydroxyl groups excluding tert-OH is 2. The molecule has 2 aromatic heterocycles. The fourth-order valence-corrected chi connectivity index (χ4v) is 3.33. The second-order valence-corrected chi connectivity index (χ2v) is 6.69. The molecule has 28 heavy (non-hydrogen) atoms. The lowest BCUT2D eigenvalue weighted by molar-refractivity contribution is -0.141. The van der Waals surface area contributed by atoms with Gasteiger partial charge in [0.1, 0.15) is 42.0 Å². The van der Waals surface area contributed by atoms with Gasteiger partial charge in [-0.3, -0.25) is 9.59 Å². The van der Waals surface area contributed by atoms with Crippen molar-refractivity contribution in [2.75, 3.05) is 18.9 Å². The number of esters is 1. The Balaban J connectivity index is 2.09. The van der Waals surface area contributed by atoms with E-state index in [1.165, 1.54) is 24.0 Å². The van der Waals surface area contributed by atoms with E-state index >= 15 is 0 Å². The number of nitrogens with zero attached hydrogens (tertiary/aromatic N) is 3. The minimum atomic E-state index is -1.79. The average Bonchev–Trinajstić information content (AvgIpc) is 3.12. The molecule has 0 radical (unpaired) electrons. The van der Waals surface area contributed by atoms with Crippen LogP contribution in [0.3, 0.4) is 0 Å². The first-order valence-corrected chi connectivity index (χ1v) is 8.68. The van der Waals surface area contributed by atoms with E-state index in [2.05, 4.69) is 9.97 Å². The van der Waals surface area contributed by atoms with Gasteiger partial charge >= 0.3 is 5.97 Å². The first-order valence-electron chi connectivity index (χ1n) is 8.68. The van der Waals surface area contributed by atoms with Gasteiger partial charge in [-0.25, -0.2) is 9.97 Å². The van der Waals surface area contributed by atoms with Crippen LogP contribution < -0.4 is 5.73 Å². The molecule has 0 aliphatic carbocycles. The molecule has 3 rings (SSSR count). The number of aromatic nitrogens is 3. The molecule has 0 spiro atoms. The molecule has 0 bridgehead atoms. The Hall–Kier alpha value is -2.60. The van der Waals surface area contributed by atoms with E-state index in [1.807, 2.05) is 0 Å². The summed E-state index contributed by atoms with van der Waals surface area (Å²) in [5.41, 5.74) is 4.36. The van der Waals surface area contributed by atoms with Gasteiger partial charge in [0, 0.05) is 11.8 Å². The average molecular weight is 394 g/mol. The number of ether oxygens (including phenoxy) is 2. The largest absolute Gasteiger partial charge is 0.466 e. The Bertz CT molecular complexity index is 910. The van der Waals surface area contributed by atoms with Crippen LogP contribution in [0, 0.1) is 0 Å². The number of anilines is 1. The highest BCUT2D eigenvalue weighted by Gasteiger charge is 2.53. The molecule has 11 heteroatoms. The van der Waals surface area contributed by atoms with Crippen molar-refractivity contribution in [2.24, 2.45) is 0 Å². The second-order valence-electron chi connectivity index (χ2n) is 6.69. The molecule has 1 saturated heterocycles. The third-order valence-corrected chi connectivity index (χ3v) is 4.74. The molecule has 152 valence electrons. The third-order valence-electron chi connectivity index (χ3n) is 4.74. The predicted molar refractivity (Wildman–Crippen MR) is 95.1 cm³/mol. The maximum atomic E-state index is 12.7. The van der Waals surface area contributed by atoms with Gasteiger partial charge in [-0.15, -0.1) is 0 Å². The third kappa shape index (κ3) is 3.22. The highest BCUT2D eigenvalue weighted by molar-refractivity contribution is 6.15. The Kier molecular flexibility index (Phi) is 5.35. The van der Waals surface area contributed by atoms with Crippen LogP contribution in [0.15, 0.2) is 12.5 Å². The van der Waals surface area contributed by atoms with Crippen molar-refractivity contribution in [3.05, 3.63) is 18.1 Å². The van der Waals surface area contributed by atoms with Crippen molar-refractivity contribution in [3.63, 3.8) is 0 Å². The van der Waals surface area contributed by atoms with Crippen molar-refractivity contribution < 1.29 is 34.4 Å². The summed E-state index contributed by atoms with van der Waals surface area (Å²) in [6.07, 6.45) is -1.57. The van der Waals surface area contributed by atoms with Gasteiger partial charge < -0.3 is 35.1 Å². The van der Waals surface area contributed by atoms with Gasteiger partial charge in [0.05, 0.1) is 18.6 Å². The van der Waals surface area contributed by atoms with E-state index in [-0.39, 0.29) is 29.0 Å². The number of nitrogens with two attached hydrogens (primary N) is 1. The van der Waals surface area contributed by atoms with Crippen molar-refractivity contribution in [1.82, 2.24) is 14.5 Å². The lowest BCUT2D eigenvalue weighted by atomic mass is 9.96. The molecule has 4 atom stereocenters. The van der Waals surface area contributed by atoms with Gasteiger partial charge in [0.25, 0.3) is 0 Å². The molecule has 2 aromatic rings. The van der Waals surface area contributed by atoms with Crippen LogP contribution in [0.4, 0.5) is 5.82 Å². The van der Waals surface area contributed by atoms with E-state index in [0.717, 1.165) is 0 Å². The Morgan fingerprint density at radius 1 is 1.43 bits per heavy atom. The Morgan fingerprint density at radius 3 is 2.75 bits per heavy atom. The summed E-state index contributed by atoms with van der Waals surface area (Å²) in [7, 11) is 0. The van der Waals surface area contributed by atoms with Crippen LogP contribution in [0.5, 0.6) is 0 Å². The van der Waals surface area contributed by atoms with Gasteiger partial charge in [-0.2, -0.15) is 0 Å². The van der Waals surface area contributed by atoms with Gasteiger partial charge in [-0.05, 0) is 13.8 Å². The highest BCUT2D eigenvalue weighted by Crippen LogP contribution is 2.41. The van der Waals surface area contributed by atoms with Crippen LogP contribution in [0.2, 0.25) is 0 Å². The molecule has 0 unspecified atom stereocenters. The Labute approximate surface area is 159 Å². The van der Waals surface area contributed by atoms with E-state index in [4.69, 9.17) is 15.2 Å². The van der Waals surface area contributed by atoms with Crippen molar-refractivity contribution in [1.29, 1.82) is 0 Å². The summed E-state index contributed by atoms with van der Waals surface area (Å²) in [6, 6.07) is 0. The minimum Gasteiger partial charge on any atom is -0.466 e. The maximum Gasteiger partial charge on any atom is 0.313 e. The topological polar surface area (TPSA) is 170 Å². The smallest absolute Gasteiger partial charge is 0.313 e. The number of fused-ring (bicyclic) bond motifs is 1. The number of nitrogen functional groups attached to an aromatic ring is 1. The lowest BCUT2D eigenvalue weighted by Crippen LogP contribution is -2.44. The van der Waals surface area contributed by atoms with Gasteiger partial charge in [-0.1, -0.05) is 0 Å². The highest BCUT2D eigenvalue weighted by atomic mass is 16.6. The standard InChI is InChI=1S/C17H22N4O7/c1-3-27-11(24)4-9(23)8-5-21(15-12(8)14(18)19-7-20-15)16-17(2,26)13(25)10(6-22)28-16/h5,7,10,13,16,22,25-26H,3-4,6H2,1-2H3,(H2,18,19,20)/t10-,13-,16-,17-/m1/s1. The molecular formula is C17H22N4O7. The minimum absolute atomic E-state index is 0.00727. The fourth-order valence-electron chi connectivity index (χ4n) is 3.33. The van der Waals surface area contributed by atoms with E-state index in [9.17, 15) is 24.9 Å². The fraction of sp³-hybridized carbons (Fsp3) is 0.529. The maximum absolute atomic E-state index is 12.7. The molecule has 1 fully saturated rings. The molecule has 0 aromatic carbocycles. The molecule has 5 N–H and O–H groups in total. The molecule has 1 aliphatic rings. The van der Waals surface area contributed by atoms with Crippen molar-refractivity contribution >= 4 is 28.6 Å². The zero-order valence-electron chi connectivity index (χ0n) is 15.4. The first-order chi connectivity index (χ1) is 13.2. The summed E-state index contributed by atoms with van der Waals surface area (Å²) in [6.45, 7) is 2.59. The van der Waals surface area contributed by atoms with Crippen LogP contribution in [-0.4, -0.2) is 72.6 Å². The van der Waals surface area contributed by atoms with Crippen molar-refractivity contribution in [2.45, 2.75) is 44.3 Å². The summed E-state index contributed by atoms with van der Waals surface area (Å²) in [4.78, 5) is 32.3. The molecule has 0 saturated carbocycles. The molecule has 1 aliphatic heterocycles. The SMILES string of the molecule is CCOC(=O)CC(=O)c1cn([C@@H]2O[C@H](CO)[C@@H](O)[C@@]2(C)O)c2ncnc(N)c12. The zero-order valence-corrected chi connectivity index (χ0v) is 15.4. The van der Waals surface area contributed by atoms with Crippen LogP contribution >= 0.6 is 0 Å². The number of hydrogen-bond donors (Lipinski definition) is 4. The van der Waals surface area contributed by atoms with Gasteiger partial charge in [0.2, 0.25) is 0 Å². The molecule has 11 nitrogen and oxygen atoms in total. The Morgan fingerprint density at radius 2 is 2.14 bits per heavy atom. The molecule has 0 amide bonds. The van der Waals surface area contributed by atoms with Crippen molar-refractivity contribution in [3.8, 4) is 0 Å². The lowest BCUT2D eigenvalue weighted by Gasteiger charge is -2.27. The number of Topliss-reactive ketones (excluding diaryl/α,β-unsaturated/α-hetero) is 1. The van der Waals surface area contributed by atoms with E-state index < -0.39 is 48.8 Å². The zero-order chi connectivity index (χ0) is 20.6. The molecule has 3 heterocycles. The van der Waals surface area contributed by atoms with Crippen LogP contribution in [0.1, 0.15) is 36.9 Å². The summed E-state index contributed by atoms with van der Waals surface area (Å²) < 4.78 is 11.7. The summed E-state index contributed by atoms with van der Waals surface area (Å²) in [5, 5.41) is 30.5. The van der Waals surface area contributed by atoms with E-state index in [0.29, 0.717) is 0 Å². The monoisotopic (exact) mass is 394 g/mol. The van der Waals surface area contributed by atoms with Crippen LogP contribution in [0.25, 0.3) is 11.0 Å². The van der Waals surface area contributed by atoms with Crippen LogP contribution in [-0.2, 0) is 14.3 Å². The summed E-state index contributed by atoms with van der Waals surface area (Å²) >= 11 is 0. The molecular weight excluding hydrogens is 372 g/mol. The number of aliphatic hydroxyl groups is 3. The normalized spacial score (nSPS) is 27.2. The second kappa shape index (κ2) is 7.43. The number of hydrogen-bond acceptors (Lipinski definition) is 10. The van der Waals surface area contributed by atoms with Gasteiger partial charge in [0.15, 0.2) is 12.0 Å². The first kappa shape index (κ1) is 20.1. The summed E-state index contributed by atoms with van der Waals surface area (Å²) in [5.74, 6) is -1.25. The quantitative estimate of drug-likeness (QED) is 0.275. The predicted octanol–water partition coefficient (Wildman–Crippen LogP) is -0.849. The van der Waals surface area contributed by atoms with E-state index in [1.54, 1.807) is 6.92 Å². The number of rotatable bonds is 6. The number of carbonyl (C=O) groups excluding carboxylic acids is 2.